The molecule has 10 heteroatoms. The molecule has 6 nitrogen and oxygen atoms in total. The summed E-state index contributed by atoms with van der Waals surface area (Å²) in [5, 5.41) is 1.91. The average Bonchev–Trinajstić information content (AvgIpc) is 2.88. The highest BCUT2D eigenvalue weighted by atomic mass is 28.4. The Bertz CT molecular complexity index is 859. The van der Waals surface area contributed by atoms with Crippen molar-refractivity contribution in [2.45, 2.75) is 71.1 Å². The third-order valence-electron chi connectivity index (χ3n) is 6.10. The second-order valence-corrected chi connectivity index (χ2v) is 14.7. The van der Waals surface area contributed by atoms with Crippen molar-refractivity contribution in [2.75, 3.05) is 6.54 Å². The van der Waals surface area contributed by atoms with Gasteiger partial charge in [-0.1, -0.05) is 46.8 Å². The van der Waals surface area contributed by atoms with Crippen LogP contribution in [-0.2, 0) is 9.22 Å². The van der Waals surface area contributed by atoms with Gasteiger partial charge in [0, 0.05) is 0 Å². The molecule has 0 aliphatic carbocycles. The predicted molar refractivity (Wildman–Crippen MR) is 117 cm³/mol. The van der Waals surface area contributed by atoms with E-state index >= 15 is 0 Å². The minimum Gasteiger partial charge on any atom is -0.404 e. The van der Waals surface area contributed by atoms with Gasteiger partial charge in [-0.25, -0.2) is 0 Å². The van der Waals surface area contributed by atoms with E-state index < -0.39 is 61.9 Å². The molecule has 2 atom stereocenters. The number of carbonyl (C=O) groups excluding carboxylic acids is 3. The Morgan fingerprint density at radius 3 is 1.91 bits per heavy atom. The van der Waals surface area contributed by atoms with Gasteiger partial charge in [0.05, 0.1) is 17.2 Å². The van der Waals surface area contributed by atoms with Gasteiger partial charge in [-0.05, 0) is 36.2 Å². The van der Waals surface area contributed by atoms with Gasteiger partial charge in [-0.15, -0.1) is 0 Å². The normalized spacial score (nSPS) is 16.9. The number of hydrogen-bond acceptors (Lipinski definition) is 4. The molecule has 1 aromatic rings. The van der Waals surface area contributed by atoms with E-state index in [1.807, 2.05) is 20.8 Å². The van der Waals surface area contributed by atoms with E-state index in [0.29, 0.717) is 0 Å². The third-order valence-corrected chi connectivity index (χ3v) is 10.6. The molecule has 1 N–H and O–H groups in total. The van der Waals surface area contributed by atoms with E-state index in [1.54, 1.807) is 39.1 Å². The van der Waals surface area contributed by atoms with Gasteiger partial charge in [-0.3, -0.25) is 19.3 Å². The van der Waals surface area contributed by atoms with Gasteiger partial charge in [0.2, 0.25) is 5.91 Å². The van der Waals surface area contributed by atoms with Crippen LogP contribution >= 0.6 is 0 Å². The fourth-order valence-corrected chi connectivity index (χ4v) is 4.46. The van der Waals surface area contributed by atoms with Gasteiger partial charge in [0.15, 0.2) is 14.4 Å². The van der Waals surface area contributed by atoms with Crippen LogP contribution in [0.4, 0.5) is 13.2 Å². The number of nitrogens with one attached hydrogen (secondary N) is 1. The quantitative estimate of drug-likeness (QED) is 0.472. The number of halogens is 3. The minimum absolute atomic E-state index is 0.167. The topological polar surface area (TPSA) is 75.7 Å². The van der Waals surface area contributed by atoms with Crippen molar-refractivity contribution in [3.05, 3.63) is 35.4 Å². The number of alkyl halides is 3. The zero-order chi connectivity index (χ0) is 24.6. The highest BCUT2D eigenvalue weighted by molar-refractivity contribution is 6.74. The molecule has 0 saturated carbocycles. The first-order valence-corrected chi connectivity index (χ1v) is 13.4. The standard InChI is InChI=1S/C22H31F3N2O4Si/c1-13(2)17(18(22(23,24)25)31-32(6,7)21(3,4)5)26-16(28)12-27-19(29)14-10-8-9-11-15(14)20(27)30/h8-11,13,17-18H,12H2,1-7H3,(H,26,28). The van der Waals surface area contributed by atoms with Crippen LogP contribution in [0.5, 0.6) is 0 Å². The number of fused-ring (bicyclic) bond motifs is 1. The van der Waals surface area contributed by atoms with Crippen LogP contribution in [0.15, 0.2) is 24.3 Å². The van der Waals surface area contributed by atoms with Crippen molar-refractivity contribution in [3.8, 4) is 0 Å². The zero-order valence-electron chi connectivity index (χ0n) is 19.5. The van der Waals surface area contributed by atoms with Crippen molar-refractivity contribution >= 4 is 26.0 Å². The second kappa shape index (κ2) is 8.97. The fraction of sp³-hybridized carbons (Fsp3) is 0.591. The Morgan fingerprint density at radius 1 is 1.06 bits per heavy atom. The van der Waals surface area contributed by atoms with Crippen LogP contribution < -0.4 is 5.32 Å². The summed E-state index contributed by atoms with van der Waals surface area (Å²) in [6.07, 6.45) is -6.93. The maximum atomic E-state index is 14.0. The molecule has 0 radical (unpaired) electrons. The van der Waals surface area contributed by atoms with E-state index in [2.05, 4.69) is 5.32 Å². The summed E-state index contributed by atoms with van der Waals surface area (Å²) >= 11 is 0. The summed E-state index contributed by atoms with van der Waals surface area (Å²) in [5.74, 6) is -2.76. The average molecular weight is 473 g/mol. The highest BCUT2D eigenvalue weighted by Gasteiger charge is 2.52. The SMILES string of the molecule is CC(C)C(NC(=O)CN1C(=O)c2ccccc2C1=O)C(O[Si](C)(C)C(C)(C)C)C(F)(F)F. The second-order valence-electron chi connectivity index (χ2n) is 9.92. The summed E-state index contributed by atoms with van der Waals surface area (Å²) in [6.45, 7) is 11.4. The summed E-state index contributed by atoms with van der Waals surface area (Å²) < 4.78 is 47.8. The van der Waals surface area contributed by atoms with Crippen molar-refractivity contribution in [3.63, 3.8) is 0 Å². The Morgan fingerprint density at radius 2 is 1.53 bits per heavy atom. The van der Waals surface area contributed by atoms with Crippen molar-refractivity contribution in [1.29, 1.82) is 0 Å². The summed E-state index contributed by atoms with van der Waals surface area (Å²) in [5.41, 5.74) is 0.334. The maximum absolute atomic E-state index is 14.0. The fourth-order valence-electron chi connectivity index (χ4n) is 3.19. The summed E-state index contributed by atoms with van der Waals surface area (Å²) in [7, 11) is -2.83. The number of rotatable bonds is 7. The monoisotopic (exact) mass is 472 g/mol. The first kappa shape index (κ1) is 26.1. The Labute approximate surface area is 187 Å². The lowest BCUT2D eigenvalue weighted by Crippen LogP contribution is -2.59. The first-order valence-electron chi connectivity index (χ1n) is 10.5. The Kier molecular flexibility index (Phi) is 7.31. The molecule has 0 fully saturated rings. The molecule has 0 saturated heterocycles. The van der Waals surface area contributed by atoms with Crippen molar-refractivity contribution in [1.82, 2.24) is 10.2 Å². The van der Waals surface area contributed by atoms with E-state index in [1.165, 1.54) is 12.1 Å². The first-order chi connectivity index (χ1) is 14.5. The van der Waals surface area contributed by atoms with Gasteiger partial charge in [0.25, 0.3) is 11.8 Å². The van der Waals surface area contributed by atoms with Crippen LogP contribution in [0.1, 0.15) is 55.3 Å². The number of carbonyl (C=O) groups is 3. The molecular weight excluding hydrogens is 441 g/mol. The zero-order valence-corrected chi connectivity index (χ0v) is 20.5. The highest BCUT2D eigenvalue weighted by Crippen LogP contribution is 2.41. The molecule has 1 aromatic carbocycles. The molecule has 2 rings (SSSR count). The molecule has 0 aromatic heterocycles. The van der Waals surface area contributed by atoms with Gasteiger partial charge in [0.1, 0.15) is 6.54 Å². The molecule has 1 heterocycles. The molecule has 178 valence electrons. The predicted octanol–water partition coefficient (Wildman–Crippen LogP) is 4.38. The Hall–Kier alpha value is -2.20. The number of nitrogens with zero attached hydrogens (tertiary/aromatic N) is 1. The summed E-state index contributed by atoms with van der Waals surface area (Å²) in [4.78, 5) is 38.4. The lowest BCUT2D eigenvalue weighted by molar-refractivity contribution is -0.210. The van der Waals surface area contributed by atoms with E-state index in [-0.39, 0.29) is 11.1 Å². The van der Waals surface area contributed by atoms with Crippen LogP contribution in [0, 0.1) is 5.92 Å². The van der Waals surface area contributed by atoms with Gasteiger partial charge < -0.3 is 9.74 Å². The number of imide groups is 1. The van der Waals surface area contributed by atoms with Crippen LogP contribution in [-0.4, -0.2) is 55.8 Å². The van der Waals surface area contributed by atoms with Crippen molar-refractivity contribution < 1.29 is 32.0 Å². The lowest BCUT2D eigenvalue weighted by Gasteiger charge is -2.43. The smallest absolute Gasteiger partial charge is 0.404 e. The van der Waals surface area contributed by atoms with Crippen LogP contribution in [0.2, 0.25) is 18.1 Å². The van der Waals surface area contributed by atoms with Crippen LogP contribution in [0.3, 0.4) is 0 Å². The van der Waals surface area contributed by atoms with Gasteiger partial charge in [-0.2, -0.15) is 13.2 Å². The number of benzene rings is 1. The summed E-state index contributed by atoms with van der Waals surface area (Å²) in [6, 6.07) is 4.74. The van der Waals surface area contributed by atoms with Crippen LogP contribution in [0.25, 0.3) is 0 Å². The lowest BCUT2D eigenvalue weighted by atomic mass is 9.98. The molecule has 3 amide bonds. The van der Waals surface area contributed by atoms with E-state index in [0.717, 1.165) is 4.90 Å². The Balaban J connectivity index is 2.23. The molecule has 0 bridgehead atoms. The minimum atomic E-state index is -4.72. The number of amides is 3. The van der Waals surface area contributed by atoms with Crippen molar-refractivity contribution in [2.24, 2.45) is 5.92 Å². The van der Waals surface area contributed by atoms with E-state index in [9.17, 15) is 27.6 Å². The molecule has 1 aliphatic rings. The molecular formula is C22H31F3N2O4Si. The molecule has 2 unspecified atom stereocenters. The number of hydrogen-bond donors (Lipinski definition) is 1. The molecule has 32 heavy (non-hydrogen) atoms. The van der Waals surface area contributed by atoms with Gasteiger partial charge >= 0.3 is 6.18 Å². The van der Waals surface area contributed by atoms with E-state index in [4.69, 9.17) is 4.43 Å². The maximum Gasteiger partial charge on any atom is 0.415 e. The molecule has 1 aliphatic heterocycles. The largest absolute Gasteiger partial charge is 0.415 e. The third kappa shape index (κ3) is 5.40. The molecule has 0 spiro atoms.